The van der Waals surface area contributed by atoms with Crippen LogP contribution in [0.1, 0.15) is 25.2 Å². The van der Waals surface area contributed by atoms with E-state index in [1.165, 1.54) is 29.4 Å². The lowest BCUT2D eigenvalue weighted by atomic mass is 10.2. The molecule has 0 fully saturated rings. The van der Waals surface area contributed by atoms with Gasteiger partial charge in [-0.1, -0.05) is 35.3 Å². The van der Waals surface area contributed by atoms with E-state index in [2.05, 4.69) is 5.32 Å². The Hall–Kier alpha value is -3.03. The normalized spacial score (nSPS) is 10.8. The van der Waals surface area contributed by atoms with Gasteiger partial charge >= 0.3 is 6.03 Å². The van der Waals surface area contributed by atoms with Crippen molar-refractivity contribution in [3.05, 3.63) is 88.0 Å². The van der Waals surface area contributed by atoms with E-state index in [9.17, 15) is 14.0 Å². The van der Waals surface area contributed by atoms with Crippen LogP contribution in [0.3, 0.4) is 0 Å². The van der Waals surface area contributed by atoms with Crippen LogP contribution in [-0.2, 0) is 17.9 Å². The standard InChI is InChI=1S/C24H24Cl2FN3O3/c1-16(2)30(24(32)28-22-10-7-18(25)12-21(22)26)15-23(31)29(14-20-4-3-11-33-20)13-17-5-8-19(27)9-6-17/h3-12,16H,13-15H2,1-2H3,(H,28,32). The highest BCUT2D eigenvalue weighted by Crippen LogP contribution is 2.26. The number of carbonyl (C=O) groups excluding carboxylic acids is 2. The van der Waals surface area contributed by atoms with Gasteiger partial charge in [0.05, 0.1) is 23.5 Å². The van der Waals surface area contributed by atoms with Crippen molar-refractivity contribution in [3.8, 4) is 0 Å². The number of rotatable bonds is 8. The maximum absolute atomic E-state index is 13.3. The Morgan fingerprint density at radius 2 is 1.79 bits per heavy atom. The number of amides is 3. The molecule has 1 aromatic heterocycles. The predicted octanol–water partition coefficient (Wildman–Crippen LogP) is 6.20. The molecular weight excluding hydrogens is 468 g/mol. The highest BCUT2D eigenvalue weighted by atomic mass is 35.5. The lowest BCUT2D eigenvalue weighted by Crippen LogP contribution is -2.47. The third kappa shape index (κ3) is 6.97. The average molecular weight is 492 g/mol. The predicted molar refractivity (Wildman–Crippen MR) is 127 cm³/mol. The molecule has 3 amide bonds. The van der Waals surface area contributed by atoms with Crippen LogP contribution in [0.4, 0.5) is 14.9 Å². The average Bonchev–Trinajstić information content (AvgIpc) is 3.27. The highest BCUT2D eigenvalue weighted by molar-refractivity contribution is 6.36. The minimum Gasteiger partial charge on any atom is -0.467 e. The van der Waals surface area contributed by atoms with Gasteiger partial charge in [0.25, 0.3) is 0 Å². The van der Waals surface area contributed by atoms with Gasteiger partial charge in [-0.05, 0) is 61.9 Å². The summed E-state index contributed by atoms with van der Waals surface area (Å²) < 4.78 is 18.7. The molecule has 0 bridgehead atoms. The maximum atomic E-state index is 13.3. The van der Waals surface area contributed by atoms with Crippen LogP contribution in [0.2, 0.25) is 10.0 Å². The number of benzene rings is 2. The van der Waals surface area contributed by atoms with E-state index in [-0.39, 0.29) is 37.4 Å². The van der Waals surface area contributed by atoms with Gasteiger partial charge in [-0.3, -0.25) is 4.79 Å². The van der Waals surface area contributed by atoms with Crippen LogP contribution in [-0.4, -0.2) is 34.3 Å². The summed E-state index contributed by atoms with van der Waals surface area (Å²) in [6.07, 6.45) is 1.53. The summed E-state index contributed by atoms with van der Waals surface area (Å²) in [6.45, 7) is 3.90. The van der Waals surface area contributed by atoms with Crippen LogP contribution >= 0.6 is 23.2 Å². The van der Waals surface area contributed by atoms with Gasteiger partial charge in [0.2, 0.25) is 5.91 Å². The molecule has 0 radical (unpaired) electrons. The molecule has 0 aliphatic carbocycles. The Balaban J connectivity index is 1.76. The molecule has 2 aromatic carbocycles. The van der Waals surface area contributed by atoms with Gasteiger partial charge in [-0.2, -0.15) is 0 Å². The molecule has 33 heavy (non-hydrogen) atoms. The van der Waals surface area contributed by atoms with E-state index in [1.54, 1.807) is 41.3 Å². The van der Waals surface area contributed by atoms with E-state index >= 15 is 0 Å². The zero-order chi connectivity index (χ0) is 24.0. The molecule has 9 heteroatoms. The van der Waals surface area contributed by atoms with Gasteiger partial charge in [-0.15, -0.1) is 0 Å². The van der Waals surface area contributed by atoms with Crippen molar-refractivity contribution >= 4 is 40.8 Å². The van der Waals surface area contributed by atoms with E-state index in [1.807, 2.05) is 13.8 Å². The largest absolute Gasteiger partial charge is 0.467 e. The molecule has 0 unspecified atom stereocenters. The second kappa shape index (κ2) is 11.2. The topological polar surface area (TPSA) is 65.8 Å². The summed E-state index contributed by atoms with van der Waals surface area (Å²) in [4.78, 5) is 29.2. The smallest absolute Gasteiger partial charge is 0.322 e. The van der Waals surface area contributed by atoms with Crippen molar-refractivity contribution in [2.75, 3.05) is 11.9 Å². The summed E-state index contributed by atoms with van der Waals surface area (Å²) in [5, 5.41) is 3.47. The quantitative estimate of drug-likeness (QED) is 0.408. The summed E-state index contributed by atoms with van der Waals surface area (Å²) in [7, 11) is 0. The van der Waals surface area contributed by atoms with Gasteiger partial charge in [0, 0.05) is 17.6 Å². The first-order chi connectivity index (χ1) is 15.7. The molecule has 3 rings (SSSR count). The van der Waals surface area contributed by atoms with Crippen molar-refractivity contribution in [1.82, 2.24) is 9.80 Å². The lowest BCUT2D eigenvalue weighted by molar-refractivity contribution is -0.133. The molecule has 3 aromatic rings. The molecule has 0 saturated carbocycles. The van der Waals surface area contributed by atoms with Crippen molar-refractivity contribution in [3.63, 3.8) is 0 Å². The number of nitrogens with one attached hydrogen (secondary N) is 1. The minimum absolute atomic E-state index is 0.170. The van der Waals surface area contributed by atoms with E-state index in [0.29, 0.717) is 21.5 Å². The molecule has 0 aliphatic rings. The molecule has 0 atom stereocenters. The first kappa shape index (κ1) is 24.6. The second-order valence-electron chi connectivity index (χ2n) is 7.73. The fourth-order valence-electron chi connectivity index (χ4n) is 3.15. The van der Waals surface area contributed by atoms with E-state index in [0.717, 1.165) is 5.56 Å². The number of urea groups is 1. The fourth-order valence-corrected chi connectivity index (χ4v) is 3.60. The fraction of sp³-hybridized carbons (Fsp3) is 0.250. The van der Waals surface area contributed by atoms with Gasteiger partial charge in [0.15, 0.2) is 0 Å². The molecular formula is C24H24Cl2FN3O3. The first-order valence-corrected chi connectivity index (χ1v) is 11.1. The number of hydrogen-bond donors (Lipinski definition) is 1. The van der Waals surface area contributed by atoms with Crippen LogP contribution in [0, 0.1) is 5.82 Å². The summed E-state index contributed by atoms with van der Waals surface area (Å²) >= 11 is 12.1. The molecule has 0 spiro atoms. The monoisotopic (exact) mass is 491 g/mol. The van der Waals surface area contributed by atoms with E-state index in [4.69, 9.17) is 27.6 Å². The Labute approximate surface area is 201 Å². The van der Waals surface area contributed by atoms with Gasteiger partial charge in [0.1, 0.15) is 18.1 Å². The first-order valence-electron chi connectivity index (χ1n) is 10.3. The third-order valence-electron chi connectivity index (χ3n) is 4.93. The molecule has 0 saturated heterocycles. The zero-order valence-electron chi connectivity index (χ0n) is 18.2. The van der Waals surface area contributed by atoms with Crippen molar-refractivity contribution in [1.29, 1.82) is 0 Å². The van der Waals surface area contributed by atoms with Gasteiger partial charge in [-0.25, -0.2) is 9.18 Å². The Morgan fingerprint density at radius 3 is 2.39 bits per heavy atom. The molecule has 0 aliphatic heterocycles. The van der Waals surface area contributed by atoms with Crippen LogP contribution in [0.25, 0.3) is 0 Å². The number of anilines is 1. The van der Waals surface area contributed by atoms with Crippen molar-refractivity contribution in [2.45, 2.75) is 33.0 Å². The molecule has 174 valence electrons. The molecule has 1 heterocycles. The number of nitrogens with zero attached hydrogens (tertiary/aromatic N) is 2. The Kier molecular flexibility index (Phi) is 8.36. The van der Waals surface area contributed by atoms with E-state index < -0.39 is 6.03 Å². The summed E-state index contributed by atoms with van der Waals surface area (Å²) in [5.41, 5.74) is 1.15. The highest BCUT2D eigenvalue weighted by Gasteiger charge is 2.25. The SMILES string of the molecule is CC(C)N(CC(=O)N(Cc1ccc(F)cc1)Cc1ccco1)C(=O)Nc1ccc(Cl)cc1Cl. The number of furan rings is 1. The van der Waals surface area contributed by atoms with Crippen molar-refractivity contribution in [2.24, 2.45) is 0 Å². The minimum atomic E-state index is -0.470. The Morgan fingerprint density at radius 1 is 1.06 bits per heavy atom. The molecule has 6 nitrogen and oxygen atoms in total. The number of carbonyl (C=O) groups is 2. The zero-order valence-corrected chi connectivity index (χ0v) is 19.7. The number of halogens is 3. The van der Waals surface area contributed by atoms with Crippen LogP contribution < -0.4 is 5.32 Å². The lowest BCUT2D eigenvalue weighted by Gasteiger charge is -2.30. The van der Waals surface area contributed by atoms with Crippen LogP contribution in [0.5, 0.6) is 0 Å². The number of hydrogen-bond acceptors (Lipinski definition) is 3. The summed E-state index contributed by atoms with van der Waals surface area (Å²) in [6, 6.07) is 13.4. The van der Waals surface area contributed by atoms with Crippen molar-refractivity contribution < 1.29 is 18.4 Å². The van der Waals surface area contributed by atoms with Crippen LogP contribution in [0.15, 0.2) is 65.3 Å². The maximum Gasteiger partial charge on any atom is 0.322 e. The van der Waals surface area contributed by atoms with Gasteiger partial charge < -0.3 is 19.5 Å². The second-order valence-corrected chi connectivity index (χ2v) is 8.58. The summed E-state index contributed by atoms with van der Waals surface area (Å²) in [5.74, 6) is -0.0492. The molecule has 1 N–H and O–H groups in total. The third-order valence-corrected chi connectivity index (χ3v) is 5.48. The Bertz CT molecular complexity index is 1090.